The van der Waals surface area contributed by atoms with Crippen LogP contribution in [0.25, 0.3) is 0 Å². The fraction of sp³-hybridized carbons (Fsp3) is 0.857. The zero-order valence-corrected chi connectivity index (χ0v) is 7.08. The topological polar surface area (TPSA) is 49.6 Å². The van der Waals surface area contributed by atoms with E-state index in [1.807, 2.05) is 19.0 Å². The molecule has 1 saturated heterocycles. The molecule has 2 amide bonds. The molecule has 1 aliphatic heterocycles. The molecule has 4 nitrogen and oxygen atoms in total. The standard InChI is InChI=1S/C7H15N3O/c1-9(2)6-4-3-5-10(6)7(8)11/h6H,3-5H2,1-2H3,(H2,8,11). The Morgan fingerprint density at radius 3 is 2.64 bits per heavy atom. The number of carbonyl (C=O) groups excluding carboxylic acids is 1. The molecule has 2 N–H and O–H groups in total. The normalized spacial score (nSPS) is 24.6. The van der Waals surface area contributed by atoms with Crippen LogP contribution in [0.15, 0.2) is 0 Å². The quantitative estimate of drug-likeness (QED) is 0.584. The summed E-state index contributed by atoms with van der Waals surface area (Å²) < 4.78 is 0. The van der Waals surface area contributed by atoms with Gasteiger partial charge < -0.3 is 10.6 Å². The Morgan fingerprint density at radius 1 is 1.64 bits per heavy atom. The number of amides is 2. The molecule has 11 heavy (non-hydrogen) atoms. The summed E-state index contributed by atoms with van der Waals surface area (Å²) in [6.45, 7) is 0.804. The van der Waals surface area contributed by atoms with Gasteiger partial charge in [-0.2, -0.15) is 0 Å². The molecule has 1 aliphatic rings. The summed E-state index contributed by atoms with van der Waals surface area (Å²) >= 11 is 0. The van der Waals surface area contributed by atoms with E-state index >= 15 is 0 Å². The Morgan fingerprint density at radius 2 is 2.27 bits per heavy atom. The third-order valence-electron chi connectivity index (χ3n) is 2.10. The molecular weight excluding hydrogens is 142 g/mol. The number of hydrogen-bond donors (Lipinski definition) is 1. The maximum absolute atomic E-state index is 10.8. The number of hydrogen-bond acceptors (Lipinski definition) is 2. The lowest BCUT2D eigenvalue weighted by atomic mass is 10.3. The highest BCUT2D eigenvalue weighted by Gasteiger charge is 2.28. The lowest BCUT2D eigenvalue weighted by Gasteiger charge is -2.28. The molecule has 0 aromatic carbocycles. The van der Waals surface area contributed by atoms with Crippen LogP contribution in [0.1, 0.15) is 12.8 Å². The van der Waals surface area contributed by atoms with E-state index in [1.165, 1.54) is 0 Å². The minimum atomic E-state index is -0.304. The Labute approximate surface area is 66.9 Å². The number of carbonyl (C=O) groups is 1. The molecule has 0 radical (unpaired) electrons. The summed E-state index contributed by atoms with van der Waals surface area (Å²) in [6, 6.07) is -0.304. The van der Waals surface area contributed by atoms with Crippen molar-refractivity contribution >= 4 is 6.03 Å². The van der Waals surface area contributed by atoms with E-state index in [0.29, 0.717) is 0 Å². The largest absolute Gasteiger partial charge is 0.351 e. The molecule has 0 spiro atoms. The van der Waals surface area contributed by atoms with Crippen molar-refractivity contribution in [2.24, 2.45) is 5.73 Å². The Bertz CT molecular complexity index is 158. The van der Waals surface area contributed by atoms with E-state index in [4.69, 9.17) is 5.73 Å². The second-order valence-corrected chi connectivity index (χ2v) is 3.12. The zero-order valence-electron chi connectivity index (χ0n) is 7.08. The number of likely N-dealkylation sites (tertiary alicyclic amines) is 1. The van der Waals surface area contributed by atoms with Crippen molar-refractivity contribution in [2.75, 3.05) is 20.6 Å². The smallest absolute Gasteiger partial charge is 0.316 e. The molecule has 1 unspecified atom stereocenters. The van der Waals surface area contributed by atoms with Gasteiger partial charge in [-0.1, -0.05) is 0 Å². The van der Waals surface area contributed by atoms with Crippen molar-refractivity contribution in [2.45, 2.75) is 19.0 Å². The van der Waals surface area contributed by atoms with E-state index in [9.17, 15) is 4.79 Å². The van der Waals surface area contributed by atoms with Gasteiger partial charge in [-0.05, 0) is 26.9 Å². The molecule has 1 atom stereocenters. The average Bonchev–Trinajstić information content (AvgIpc) is 2.32. The van der Waals surface area contributed by atoms with E-state index in [0.717, 1.165) is 19.4 Å². The zero-order chi connectivity index (χ0) is 8.43. The number of rotatable bonds is 1. The van der Waals surface area contributed by atoms with Gasteiger partial charge >= 0.3 is 6.03 Å². The second kappa shape index (κ2) is 3.09. The first kappa shape index (κ1) is 8.33. The van der Waals surface area contributed by atoms with Crippen LogP contribution in [0.3, 0.4) is 0 Å². The van der Waals surface area contributed by atoms with Crippen molar-refractivity contribution in [3.63, 3.8) is 0 Å². The van der Waals surface area contributed by atoms with Gasteiger partial charge in [-0.25, -0.2) is 4.79 Å². The van der Waals surface area contributed by atoms with Gasteiger partial charge in [0, 0.05) is 6.54 Å². The molecule has 64 valence electrons. The van der Waals surface area contributed by atoms with Gasteiger partial charge in [0.2, 0.25) is 0 Å². The SMILES string of the molecule is CN(C)C1CCCN1C(N)=O. The molecule has 1 heterocycles. The third kappa shape index (κ3) is 1.63. The molecule has 4 heteroatoms. The van der Waals surface area contributed by atoms with Gasteiger partial charge in [0.15, 0.2) is 0 Å². The van der Waals surface area contributed by atoms with Crippen molar-refractivity contribution in [3.05, 3.63) is 0 Å². The number of nitrogens with zero attached hydrogens (tertiary/aromatic N) is 2. The lowest BCUT2D eigenvalue weighted by Crippen LogP contribution is -2.46. The summed E-state index contributed by atoms with van der Waals surface area (Å²) in [5.41, 5.74) is 5.19. The molecule has 1 fully saturated rings. The van der Waals surface area contributed by atoms with Crippen LogP contribution >= 0.6 is 0 Å². The van der Waals surface area contributed by atoms with E-state index in [1.54, 1.807) is 4.90 Å². The summed E-state index contributed by atoms with van der Waals surface area (Å²) in [4.78, 5) is 14.6. The van der Waals surface area contributed by atoms with E-state index < -0.39 is 0 Å². The Kier molecular flexibility index (Phi) is 2.34. The summed E-state index contributed by atoms with van der Waals surface area (Å²) in [5.74, 6) is 0. The minimum Gasteiger partial charge on any atom is -0.351 e. The van der Waals surface area contributed by atoms with Crippen LogP contribution in [0, 0.1) is 0 Å². The first-order chi connectivity index (χ1) is 5.13. The van der Waals surface area contributed by atoms with Crippen LogP contribution in [0.5, 0.6) is 0 Å². The van der Waals surface area contributed by atoms with Crippen molar-refractivity contribution in [1.82, 2.24) is 9.80 Å². The highest BCUT2D eigenvalue weighted by molar-refractivity contribution is 5.72. The first-order valence-electron chi connectivity index (χ1n) is 3.85. The van der Waals surface area contributed by atoms with Crippen molar-refractivity contribution in [3.8, 4) is 0 Å². The molecule has 0 aliphatic carbocycles. The average molecular weight is 157 g/mol. The van der Waals surface area contributed by atoms with Crippen LogP contribution in [0.2, 0.25) is 0 Å². The predicted molar refractivity (Wildman–Crippen MR) is 43.0 cm³/mol. The monoisotopic (exact) mass is 157 g/mol. The number of urea groups is 1. The fourth-order valence-electron chi connectivity index (χ4n) is 1.54. The van der Waals surface area contributed by atoms with E-state index in [-0.39, 0.29) is 12.2 Å². The highest BCUT2D eigenvalue weighted by atomic mass is 16.2. The second-order valence-electron chi connectivity index (χ2n) is 3.12. The van der Waals surface area contributed by atoms with Crippen LogP contribution < -0.4 is 5.73 Å². The van der Waals surface area contributed by atoms with Crippen LogP contribution in [-0.4, -0.2) is 42.6 Å². The van der Waals surface area contributed by atoms with Crippen LogP contribution in [-0.2, 0) is 0 Å². The molecule has 0 aromatic rings. The maximum Gasteiger partial charge on any atom is 0.316 e. The summed E-state index contributed by atoms with van der Waals surface area (Å²) in [6.07, 6.45) is 2.31. The van der Waals surface area contributed by atoms with Crippen molar-refractivity contribution in [1.29, 1.82) is 0 Å². The highest BCUT2D eigenvalue weighted by Crippen LogP contribution is 2.17. The molecule has 0 bridgehead atoms. The van der Waals surface area contributed by atoms with E-state index in [2.05, 4.69) is 0 Å². The Balaban J connectivity index is 2.58. The first-order valence-corrected chi connectivity index (χ1v) is 3.85. The van der Waals surface area contributed by atoms with Gasteiger partial charge in [-0.15, -0.1) is 0 Å². The fourth-order valence-corrected chi connectivity index (χ4v) is 1.54. The summed E-state index contributed by atoms with van der Waals surface area (Å²) in [5, 5.41) is 0. The van der Waals surface area contributed by atoms with Crippen LogP contribution in [0.4, 0.5) is 4.79 Å². The summed E-state index contributed by atoms with van der Waals surface area (Å²) in [7, 11) is 3.93. The van der Waals surface area contributed by atoms with Gasteiger partial charge in [0.25, 0.3) is 0 Å². The minimum absolute atomic E-state index is 0.215. The van der Waals surface area contributed by atoms with Gasteiger partial charge in [-0.3, -0.25) is 4.90 Å². The number of nitrogens with two attached hydrogens (primary N) is 1. The van der Waals surface area contributed by atoms with Gasteiger partial charge in [0.05, 0.1) is 6.17 Å². The molecular formula is C7H15N3O. The molecule has 0 aromatic heterocycles. The van der Waals surface area contributed by atoms with Gasteiger partial charge in [0.1, 0.15) is 0 Å². The van der Waals surface area contributed by atoms with Crippen molar-refractivity contribution < 1.29 is 4.79 Å². The Hall–Kier alpha value is -0.770. The molecule has 1 rings (SSSR count). The molecule has 0 saturated carbocycles. The lowest BCUT2D eigenvalue weighted by molar-refractivity contribution is 0.138. The predicted octanol–water partition coefficient (Wildman–Crippen LogP) is 0.0486. The number of primary amides is 1. The third-order valence-corrected chi connectivity index (χ3v) is 2.10. The maximum atomic E-state index is 10.8.